The van der Waals surface area contributed by atoms with E-state index in [1.165, 1.54) is 16.9 Å². The van der Waals surface area contributed by atoms with E-state index in [0.717, 1.165) is 13.1 Å². The second kappa shape index (κ2) is 6.09. The summed E-state index contributed by atoms with van der Waals surface area (Å²) in [5.41, 5.74) is 8.90. The van der Waals surface area contributed by atoms with Gasteiger partial charge in [-0.15, -0.1) is 0 Å². The van der Waals surface area contributed by atoms with Crippen LogP contribution in [0.4, 0.5) is 0 Å². The maximum absolute atomic E-state index is 6.23. The van der Waals surface area contributed by atoms with E-state index in [9.17, 15) is 0 Å². The van der Waals surface area contributed by atoms with Crippen LogP contribution in [0.25, 0.3) is 0 Å². The van der Waals surface area contributed by atoms with Crippen LogP contribution in [-0.2, 0) is 0 Å². The number of benzene rings is 1. The minimum atomic E-state index is 0.169. The van der Waals surface area contributed by atoms with Crippen molar-refractivity contribution < 1.29 is 0 Å². The van der Waals surface area contributed by atoms with Crippen molar-refractivity contribution >= 4 is 11.8 Å². The van der Waals surface area contributed by atoms with Crippen LogP contribution in [-0.4, -0.2) is 35.0 Å². The highest BCUT2D eigenvalue weighted by Crippen LogP contribution is 2.29. The molecule has 2 rings (SSSR count). The summed E-state index contributed by atoms with van der Waals surface area (Å²) >= 11 is 2.07. The van der Waals surface area contributed by atoms with E-state index in [0.29, 0.717) is 11.3 Å². The summed E-state index contributed by atoms with van der Waals surface area (Å²) in [6, 6.07) is 9.36. The zero-order valence-corrected chi connectivity index (χ0v) is 12.4. The molecule has 1 aromatic rings. The van der Waals surface area contributed by atoms with Crippen LogP contribution in [0.2, 0.25) is 0 Å². The van der Waals surface area contributed by atoms with Gasteiger partial charge in [-0.25, -0.2) is 0 Å². The highest BCUT2D eigenvalue weighted by Gasteiger charge is 2.27. The first-order chi connectivity index (χ1) is 8.58. The Morgan fingerprint density at radius 3 is 2.56 bits per heavy atom. The fourth-order valence-electron chi connectivity index (χ4n) is 2.71. The lowest BCUT2D eigenvalue weighted by atomic mass is 9.98. The fourth-order valence-corrected chi connectivity index (χ4v) is 3.75. The third kappa shape index (κ3) is 3.28. The molecular weight excluding hydrogens is 240 g/mol. The van der Waals surface area contributed by atoms with Gasteiger partial charge < -0.3 is 5.73 Å². The Labute approximate surface area is 115 Å². The van der Waals surface area contributed by atoms with Crippen molar-refractivity contribution in [2.45, 2.75) is 38.1 Å². The summed E-state index contributed by atoms with van der Waals surface area (Å²) in [7, 11) is 0. The Bertz CT molecular complexity index is 375. The van der Waals surface area contributed by atoms with Crippen LogP contribution >= 0.6 is 11.8 Å². The van der Waals surface area contributed by atoms with Crippen LogP contribution < -0.4 is 5.73 Å². The van der Waals surface area contributed by atoms with Gasteiger partial charge in [-0.2, -0.15) is 11.8 Å². The average molecular weight is 264 g/mol. The first kappa shape index (κ1) is 13.9. The largest absolute Gasteiger partial charge is 0.326 e. The van der Waals surface area contributed by atoms with Crippen LogP contribution in [0.5, 0.6) is 0 Å². The predicted octanol–water partition coefficient (Wildman–Crippen LogP) is 2.82. The molecule has 1 saturated heterocycles. The third-order valence-electron chi connectivity index (χ3n) is 3.58. The summed E-state index contributed by atoms with van der Waals surface area (Å²) in [4.78, 5) is 2.55. The van der Waals surface area contributed by atoms with Gasteiger partial charge in [0.15, 0.2) is 0 Å². The highest BCUT2D eigenvalue weighted by molar-refractivity contribution is 7.99. The van der Waals surface area contributed by atoms with Crippen molar-refractivity contribution in [3.8, 4) is 0 Å². The summed E-state index contributed by atoms with van der Waals surface area (Å²) < 4.78 is 0. The second-order valence-electron chi connectivity index (χ2n) is 5.39. The second-order valence-corrected chi connectivity index (χ2v) is 6.94. The van der Waals surface area contributed by atoms with Gasteiger partial charge in [0.25, 0.3) is 0 Å². The van der Waals surface area contributed by atoms with Gasteiger partial charge in [0.2, 0.25) is 0 Å². The number of rotatable bonds is 3. The number of nitrogens with two attached hydrogens (primary N) is 1. The first-order valence-corrected chi connectivity index (χ1v) is 7.80. The van der Waals surface area contributed by atoms with Crippen LogP contribution in [0.3, 0.4) is 0 Å². The van der Waals surface area contributed by atoms with Crippen molar-refractivity contribution in [3.63, 3.8) is 0 Å². The molecule has 0 radical (unpaired) electrons. The zero-order chi connectivity index (χ0) is 13.1. The maximum atomic E-state index is 6.23. The molecule has 0 aliphatic carbocycles. The van der Waals surface area contributed by atoms with Gasteiger partial charge in [0, 0.05) is 36.2 Å². The molecule has 1 heterocycles. The Kier molecular flexibility index (Phi) is 4.71. The number of hydrogen-bond donors (Lipinski definition) is 1. The Hall–Kier alpha value is -0.510. The predicted molar refractivity (Wildman–Crippen MR) is 81.1 cm³/mol. The van der Waals surface area contributed by atoms with Gasteiger partial charge in [-0.05, 0) is 19.4 Å². The minimum absolute atomic E-state index is 0.169. The number of thioether (sulfide) groups is 1. The van der Waals surface area contributed by atoms with Gasteiger partial charge in [0.05, 0.1) is 0 Å². The van der Waals surface area contributed by atoms with Crippen molar-refractivity contribution in [1.29, 1.82) is 0 Å². The monoisotopic (exact) mass is 264 g/mol. The molecule has 1 aliphatic rings. The SMILES string of the molecule is Cc1ccc(C(C(C)N)N2CCSC(C)C2)cc1. The zero-order valence-electron chi connectivity index (χ0n) is 11.6. The molecule has 0 spiro atoms. The average Bonchev–Trinajstić information content (AvgIpc) is 2.32. The summed E-state index contributed by atoms with van der Waals surface area (Å²) in [6.45, 7) is 8.85. The molecule has 0 saturated carbocycles. The molecule has 0 amide bonds. The Balaban J connectivity index is 2.19. The summed E-state index contributed by atoms with van der Waals surface area (Å²) in [5.74, 6) is 1.22. The highest BCUT2D eigenvalue weighted by atomic mass is 32.2. The van der Waals surface area contributed by atoms with Gasteiger partial charge in [-0.3, -0.25) is 4.90 Å². The van der Waals surface area contributed by atoms with Gasteiger partial charge in [-0.1, -0.05) is 36.8 Å². The molecular formula is C15H24N2S. The van der Waals surface area contributed by atoms with E-state index in [1.807, 2.05) is 0 Å². The molecule has 18 heavy (non-hydrogen) atoms. The summed E-state index contributed by atoms with van der Waals surface area (Å²) in [6.07, 6.45) is 0. The van der Waals surface area contributed by atoms with E-state index >= 15 is 0 Å². The molecule has 3 heteroatoms. The van der Waals surface area contributed by atoms with Crippen molar-refractivity contribution in [1.82, 2.24) is 4.90 Å². The first-order valence-electron chi connectivity index (χ1n) is 6.75. The number of aryl methyl sites for hydroxylation is 1. The molecule has 3 unspecified atom stereocenters. The third-order valence-corrected chi connectivity index (χ3v) is 4.72. The smallest absolute Gasteiger partial charge is 0.0497 e. The topological polar surface area (TPSA) is 29.3 Å². The molecule has 1 fully saturated rings. The molecule has 3 atom stereocenters. The van der Waals surface area contributed by atoms with E-state index in [4.69, 9.17) is 5.73 Å². The lowest BCUT2D eigenvalue weighted by Crippen LogP contribution is -2.45. The normalized spacial score (nSPS) is 24.8. The van der Waals surface area contributed by atoms with Crippen molar-refractivity contribution in [2.75, 3.05) is 18.8 Å². The maximum Gasteiger partial charge on any atom is 0.0497 e. The Morgan fingerprint density at radius 2 is 2.00 bits per heavy atom. The van der Waals surface area contributed by atoms with Gasteiger partial charge >= 0.3 is 0 Å². The standard InChI is InChI=1S/C15H24N2S/c1-11-4-6-14(7-5-11)15(13(3)16)17-8-9-18-12(2)10-17/h4-7,12-13,15H,8-10,16H2,1-3H3. The quantitative estimate of drug-likeness (QED) is 0.910. The summed E-state index contributed by atoms with van der Waals surface area (Å²) in [5, 5.41) is 0.713. The molecule has 0 bridgehead atoms. The molecule has 1 aliphatic heterocycles. The van der Waals surface area contributed by atoms with Gasteiger partial charge in [0.1, 0.15) is 0 Å². The van der Waals surface area contributed by atoms with Crippen molar-refractivity contribution in [2.24, 2.45) is 5.73 Å². The fraction of sp³-hybridized carbons (Fsp3) is 0.600. The minimum Gasteiger partial charge on any atom is -0.326 e. The lowest BCUT2D eigenvalue weighted by Gasteiger charge is -2.39. The molecule has 2 nitrogen and oxygen atoms in total. The molecule has 1 aromatic carbocycles. The van der Waals surface area contributed by atoms with E-state index < -0.39 is 0 Å². The molecule has 100 valence electrons. The number of nitrogens with zero attached hydrogens (tertiary/aromatic N) is 1. The van der Waals surface area contributed by atoms with Crippen molar-refractivity contribution in [3.05, 3.63) is 35.4 Å². The van der Waals surface area contributed by atoms with Crippen LogP contribution in [0, 0.1) is 6.92 Å². The van der Waals surface area contributed by atoms with E-state index in [-0.39, 0.29) is 6.04 Å². The van der Waals surface area contributed by atoms with Crippen LogP contribution in [0.1, 0.15) is 31.0 Å². The lowest BCUT2D eigenvalue weighted by molar-refractivity contribution is 0.184. The van der Waals surface area contributed by atoms with E-state index in [1.54, 1.807) is 0 Å². The molecule has 0 aromatic heterocycles. The Morgan fingerprint density at radius 1 is 1.33 bits per heavy atom. The van der Waals surface area contributed by atoms with Crippen LogP contribution in [0.15, 0.2) is 24.3 Å². The number of hydrogen-bond acceptors (Lipinski definition) is 3. The van der Waals surface area contributed by atoms with E-state index in [2.05, 4.69) is 61.7 Å². The molecule has 2 N–H and O–H groups in total.